The normalized spacial score (nSPS) is 14.3. The number of carbonyl (C=O) groups is 3. The number of imide groups is 1. The number of benzene rings is 3. The number of aryl methyl sites for hydroxylation is 2. The van der Waals surface area contributed by atoms with Crippen molar-refractivity contribution < 1.29 is 23.9 Å². The fraction of sp³-hybridized carbons (Fsp3) is 0.179. The number of amides is 3. The molecule has 36 heavy (non-hydrogen) atoms. The van der Waals surface area contributed by atoms with Crippen molar-refractivity contribution in [2.24, 2.45) is 0 Å². The van der Waals surface area contributed by atoms with E-state index in [0.29, 0.717) is 24.7 Å². The molecule has 4 rings (SSSR count). The van der Waals surface area contributed by atoms with Crippen LogP contribution in [0.2, 0.25) is 0 Å². The standard InChI is InChI=1S/C28H26N2O5S/c1-19-8-13-24(20(2)16-19)29-26(31)18-30-27(32)25(36-28(30)33)17-21-9-11-23(12-10-21)35-15-14-34-22-6-4-3-5-7-22/h3-13,16-17H,14-15,18H2,1-2H3,(H,29,31)/b25-17+. The average molecular weight is 503 g/mol. The Labute approximate surface area is 214 Å². The van der Waals surface area contributed by atoms with E-state index in [1.807, 2.05) is 56.3 Å². The fourth-order valence-corrected chi connectivity index (χ4v) is 4.41. The first-order valence-electron chi connectivity index (χ1n) is 11.4. The number of carbonyl (C=O) groups excluding carboxylic acids is 3. The maximum atomic E-state index is 12.8. The molecule has 0 saturated carbocycles. The number of nitrogens with zero attached hydrogens (tertiary/aromatic N) is 1. The van der Waals surface area contributed by atoms with Gasteiger partial charge in [0.25, 0.3) is 11.1 Å². The van der Waals surface area contributed by atoms with E-state index in [2.05, 4.69) is 5.32 Å². The van der Waals surface area contributed by atoms with Crippen LogP contribution in [-0.2, 0) is 9.59 Å². The molecule has 0 radical (unpaired) electrons. The highest BCUT2D eigenvalue weighted by atomic mass is 32.2. The molecule has 3 amide bonds. The largest absolute Gasteiger partial charge is 0.490 e. The monoisotopic (exact) mass is 502 g/mol. The molecule has 0 aromatic heterocycles. The first-order valence-corrected chi connectivity index (χ1v) is 12.2. The number of ether oxygens (including phenoxy) is 2. The lowest BCUT2D eigenvalue weighted by Gasteiger charge is -2.14. The minimum Gasteiger partial charge on any atom is -0.490 e. The second-order valence-corrected chi connectivity index (χ2v) is 9.21. The quantitative estimate of drug-likeness (QED) is 0.310. The van der Waals surface area contributed by atoms with E-state index in [9.17, 15) is 14.4 Å². The molecule has 3 aromatic carbocycles. The molecule has 0 unspecified atom stereocenters. The van der Waals surface area contributed by atoms with Crippen LogP contribution in [0.3, 0.4) is 0 Å². The first kappa shape index (κ1) is 25.1. The van der Waals surface area contributed by atoms with Gasteiger partial charge in [-0.25, -0.2) is 0 Å². The fourth-order valence-electron chi connectivity index (χ4n) is 3.57. The molecule has 0 spiro atoms. The Kier molecular flexibility index (Phi) is 8.07. The highest BCUT2D eigenvalue weighted by Crippen LogP contribution is 2.32. The zero-order valence-electron chi connectivity index (χ0n) is 20.0. The predicted molar refractivity (Wildman–Crippen MR) is 141 cm³/mol. The number of thioether (sulfide) groups is 1. The Balaban J connectivity index is 1.30. The minimum atomic E-state index is -0.487. The molecular weight excluding hydrogens is 476 g/mol. The molecule has 0 bridgehead atoms. The summed E-state index contributed by atoms with van der Waals surface area (Å²) in [6.45, 7) is 4.31. The summed E-state index contributed by atoms with van der Waals surface area (Å²) in [7, 11) is 0. The Morgan fingerprint density at radius 2 is 1.58 bits per heavy atom. The SMILES string of the molecule is Cc1ccc(NC(=O)CN2C(=O)S/C(=C/c3ccc(OCCOc4ccccc4)cc3)C2=O)c(C)c1. The number of anilines is 1. The number of para-hydroxylation sites is 1. The van der Waals surface area contributed by atoms with E-state index in [1.54, 1.807) is 36.4 Å². The second kappa shape index (κ2) is 11.6. The van der Waals surface area contributed by atoms with Gasteiger partial charge >= 0.3 is 0 Å². The van der Waals surface area contributed by atoms with Gasteiger partial charge in [-0.15, -0.1) is 0 Å². The third-order valence-corrected chi connectivity index (χ3v) is 6.28. The van der Waals surface area contributed by atoms with Crippen molar-refractivity contribution in [3.8, 4) is 11.5 Å². The van der Waals surface area contributed by atoms with Crippen LogP contribution in [0.25, 0.3) is 6.08 Å². The molecule has 3 aromatic rings. The van der Waals surface area contributed by atoms with E-state index in [-0.39, 0.29) is 11.4 Å². The highest BCUT2D eigenvalue weighted by molar-refractivity contribution is 8.18. The van der Waals surface area contributed by atoms with Gasteiger partial charge < -0.3 is 14.8 Å². The number of rotatable bonds is 9. The molecule has 7 nitrogen and oxygen atoms in total. The van der Waals surface area contributed by atoms with Crippen molar-refractivity contribution in [3.63, 3.8) is 0 Å². The van der Waals surface area contributed by atoms with E-state index >= 15 is 0 Å². The molecule has 184 valence electrons. The van der Waals surface area contributed by atoms with Crippen LogP contribution in [0.4, 0.5) is 10.5 Å². The molecule has 1 fully saturated rings. The van der Waals surface area contributed by atoms with Crippen LogP contribution in [0, 0.1) is 13.8 Å². The smallest absolute Gasteiger partial charge is 0.294 e. The van der Waals surface area contributed by atoms with Crippen LogP contribution < -0.4 is 14.8 Å². The van der Waals surface area contributed by atoms with Crippen LogP contribution in [0.15, 0.2) is 77.7 Å². The lowest BCUT2D eigenvalue weighted by molar-refractivity contribution is -0.127. The second-order valence-electron chi connectivity index (χ2n) is 8.21. The summed E-state index contributed by atoms with van der Waals surface area (Å²) in [5.41, 5.74) is 3.39. The van der Waals surface area contributed by atoms with Gasteiger partial charge in [0.05, 0.1) is 4.91 Å². The van der Waals surface area contributed by atoms with Crippen molar-refractivity contribution in [1.82, 2.24) is 4.90 Å². The van der Waals surface area contributed by atoms with Gasteiger partial charge in [-0.05, 0) is 73.1 Å². The highest BCUT2D eigenvalue weighted by Gasteiger charge is 2.36. The Bertz CT molecular complexity index is 1290. The van der Waals surface area contributed by atoms with E-state index in [1.165, 1.54) is 0 Å². The van der Waals surface area contributed by atoms with Crippen molar-refractivity contribution in [1.29, 1.82) is 0 Å². The van der Waals surface area contributed by atoms with Crippen molar-refractivity contribution in [2.45, 2.75) is 13.8 Å². The zero-order valence-corrected chi connectivity index (χ0v) is 20.8. The maximum absolute atomic E-state index is 12.8. The Morgan fingerprint density at radius 3 is 2.25 bits per heavy atom. The maximum Gasteiger partial charge on any atom is 0.294 e. The summed E-state index contributed by atoms with van der Waals surface area (Å²) >= 11 is 0.820. The van der Waals surface area contributed by atoms with Crippen LogP contribution in [-0.4, -0.2) is 41.7 Å². The van der Waals surface area contributed by atoms with Crippen LogP contribution >= 0.6 is 11.8 Å². The predicted octanol–water partition coefficient (Wildman–Crippen LogP) is 5.44. The summed E-state index contributed by atoms with van der Waals surface area (Å²) in [5, 5.41) is 2.30. The van der Waals surface area contributed by atoms with Gasteiger partial charge in [-0.1, -0.05) is 48.0 Å². The summed E-state index contributed by atoms with van der Waals surface area (Å²) in [4.78, 5) is 38.9. The topological polar surface area (TPSA) is 84.9 Å². The third-order valence-electron chi connectivity index (χ3n) is 5.37. The summed E-state index contributed by atoms with van der Waals surface area (Å²) in [6, 6.07) is 22.3. The van der Waals surface area contributed by atoms with Crippen molar-refractivity contribution >= 4 is 40.6 Å². The lowest BCUT2D eigenvalue weighted by atomic mass is 10.1. The van der Waals surface area contributed by atoms with Gasteiger partial charge in [-0.2, -0.15) is 0 Å². The molecule has 1 aliphatic rings. The lowest BCUT2D eigenvalue weighted by Crippen LogP contribution is -2.36. The Hall–Kier alpha value is -4.04. The van der Waals surface area contributed by atoms with Crippen LogP contribution in [0.5, 0.6) is 11.5 Å². The number of hydrogen-bond acceptors (Lipinski definition) is 6. The minimum absolute atomic E-state index is 0.268. The molecule has 1 saturated heterocycles. The van der Waals surface area contributed by atoms with Gasteiger partial charge in [0.1, 0.15) is 31.3 Å². The van der Waals surface area contributed by atoms with Gasteiger partial charge in [0, 0.05) is 5.69 Å². The van der Waals surface area contributed by atoms with E-state index < -0.39 is 17.1 Å². The number of nitrogens with one attached hydrogen (secondary N) is 1. The van der Waals surface area contributed by atoms with E-state index in [4.69, 9.17) is 9.47 Å². The molecule has 1 aliphatic heterocycles. The van der Waals surface area contributed by atoms with Crippen molar-refractivity contribution in [3.05, 3.63) is 94.4 Å². The summed E-state index contributed by atoms with van der Waals surface area (Å²) in [5.74, 6) is 0.538. The third kappa shape index (κ3) is 6.55. The van der Waals surface area contributed by atoms with E-state index in [0.717, 1.165) is 39.1 Å². The molecular formula is C28H26N2O5S. The molecule has 8 heteroatoms. The molecule has 0 aliphatic carbocycles. The summed E-state index contributed by atoms with van der Waals surface area (Å²) in [6.07, 6.45) is 1.63. The zero-order chi connectivity index (χ0) is 25.5. The first-order chi connectivity index (χ1) is 17.4. The van der Waals surface area contributed by atoms with Crippen LogP contribution in [0.1, 0.15) is 16.7 Å². The molecule has 1 N–H and O–H groups in total. The van der Waals surface area contributed by atoms with Gasteiger partial charge in [-0.3, -0.25) is 19.3 Å². The van der Waals surface area contributed by atoms with Crippen molar-refractivity contribution in [2.75, 3.05) is 25.1 Å². The van der Waals surface area contributed by atoms with Gasteiger partial charge in [0.15, 0.2) is 0 Å². The number of hydrogen-bond donors (Lipinski definition) is 1. The Morgan fingerprint density at radius 1 is 0.917 bits per heavy atom. The molecule has 0 atom stereocenters. The molecule has 1 heterocycles. The summed E-state index contributed by atoms with van der Waals surface area (Å²) < 4.78 is 11.3. The van der Waals surface area contributed by atoms with Gasteiger partial charge in [0.2, 0.25) is 5.91 Å². The average Bonchev–Trinajstić information content (AvgIpc) is 3.12.